The number of aliphatic carboxylic acids is 1. The van der Waals surface area contributed by atoms with Crippen molar-refractivity contribution >= 4 is 36.3 Å². The Bertz CT molecular complexity index is 972. The highest BCUT2D eigenvalue weighted by molar-refractivity contribution is 7.80. The Hall–Kier alpha value is -3.37. The predicted molar refractivity (Wildman–Crippen MR) is 131 cm³/mol. The number of nitrogens with two attached hydrogens (primary N) is 1. The molecule has 3 amide bonds. The lowest BCUT2D eigenvalue weighted by molar-refractivity contribution is -0.142. The fourth-order valence-corrected chi connectivity index (χ4v) is 3.41. The zero-order valence-electron chi connectivity index (χ0n) is 18.8. The Morgan fingerprint density at radius 2 is 1.18 bits per heavy atom. The van der Waals surface area contributed by atoms with E-state index in [1.807, 2.05) is 18.2 Å². The Morgan fingerprint density at radius 3 is 1.62 bits per heavy atom. The molecule has 0 saturated carbocycles. The molecule has 0 aromatic heterocycles. The number of benzene rings is 2. The van der Waals surface area contributed by atoms with Gasteiger partial charge in [-0.05, 0) is 18.1 Å². The Labute approximate surface area is 203 Å². The summed E-state index contributed by atoms with van der Waals surface area (Å²) < 4.78 is 0. The van der Waals surface area contributed by atoms with Gasteiger partial charge < -0.3 is 26.8 Å². The molecule has 2 aromatic carbocycles. The van der Waals surface area contributed by atoms with Crippen molar-refractivity contribution in [2.45, 2.75) is 43.9 Å². The van der Waals surface area contributed by atoms with E-state index in [4.69, 9.17) is 5.73 Å². The van der Waals surface area contributed by atoms with Gasteiger partial charge in [0, 0.05) is 18.6 Å². The third-order valence-electron chi connectivity index (χ3n) is 5.04. The first-order valence-corrected chi connectivity index (χ1v) is 11.4. The molecule has 0 aliphatic heterocycles. The number of amides is 3. The number of carbonyl (C=O) groups excluding carboxylic acids is 3. The van der Waals surface area contributed by atoms with Crippen molar-refractivity contribution < 1.29 is 24.3 Å². The van der Waals surface area contributed by atoms with Crippen molar-refractivity contribution in [2.75, 3.05) is 5.75 Å². The number of thiol groups is 1. The highest BCUT2D eigenvalue weighted by atomic mass is 32.1. The van der Waals surface area contributed by atoms with Gasteiger partial charge in [-0.1, -0.05) is 60.7 Å². The summed E-state index contributed by atoms with van der Waals surface area (Å²) in [7, 11) is 0. The molecule has 4 atom stereocenters. The molecule has 34 heavy (non-hydrogen) atoms. The molecule has 9 nitrogen and oxygen atoms in total. The molecule has 4 unspecified atom stereocenters. The van der Waals surface area contributed by atoms with Crippen LogP contribution >= 0.6 is 12.6 Å². The highest BCUT2D eigenvalue weighted by Crippen LogP contribution is 2.06. The largest absolute Gasteiger partial charge is 0.480 e. The second-order valence-electron chi connectivity index (χ2n) is 7.87. The Balaban J connectivity index is 2.10. The number of carboxylic acid groups (broad SMARTS) is 1. The lowest BCUT2D eigenvalue weighted by Crippen LogP contribution is -2.58. The van der Waals surface area contributed by atoms with E-state index in [2.05, 4.69) is 28.6 Å². The second kappa shape index (κ2) is 13.4. The Kier molecular flexibility index (Phi) is 10.6. The fourth-order valence-electron chi connectivity index (χ4n) is 3.15. The summed E-state index contributed by atoms with van der Waals surface area (Å²) in [4.78, 5) is 49.6. The molecule has 0 fully saturated rings. The van der Waals surface area contributed by atoms with Crippen LogP contribution < -0.4 is 21.7 Å². The molecule has 0 spiro atoms. The number of hydrogen-bond acceptors (Lipinski definition) is 6. The highest BCUT2D eigenvalue weighted by Gasteiger charge is 2.29. The van der Waals surface area contributed by atoms with Crippen LogP contribution in [0.4, 0.5) is 0 Å². The first-order chi connectivity index (χ1) is 16.2. The summed E-state index contributed by atoms with van der Waals surface area (Å²) in [5.74, 6) is -3.09. The first-order valence-electron chi connectivity index (χ1n) is 10.8. The third kappa shape index (κ3) is 8.53. The van der Waals surface area contributed by atoms with Gasteiger partial charge >= 0.3 is 5.97 Å². The quantitative estimate of drug-likeness (QED) is 0.237. The molecule has 182 valence electrons. The number of rotatable bonds is 12. The average molecular weight is 487 g/mol. The molecule has 0 saturated heterocycles. The topological polar surface area (TPSA) is 151 Å². The Morgan fingerprint density at radius 1 is 0.765 bits per heavy atom. The molecular weight excluding hydrogens is 456 g/mol. The van der Waals surface area contributed by atoms with Crippen molar-refractivity contribution in [1.29, 1.82) is 0 Å². The van der Waals surface area contributed by atoms with Crippen LogP contribution in [-0.2, 0) is 32.0 Å². The summed E-state index contributed by atoms with van der Waals surface area (Å²) in [6.45, 7) is 1.50. The van der Waals surface area contributed by atoms with Crippen LogP contribution in [0.15, 0.2) is 60.7 Å². The van der Waals surface area contributed by atoms with Gasteiger partial charge in [0.1, 0.15) is 18.1 Å². The summed E-state index contributed by atoms with van der Waals surface area (Å²) in [5.41, 5.74) is 7.16. The normalized spacial score (nSPS) is 14.2. The van der Waals surface area contributed by atoms with Gasteiger partial charge in [0.15, 0.2) is 0 Å². The number of carboxylic acids is 1. The van der Waals surface area contributed by atoms with Crippen molar-refractivity contribution in [3.8, 4) is 0 Å². The van der Waals surface area contributed by atoms with E-state index in [9.17, 15) is 24.3 Å². The zero-order valence-corrected chi connectivity index (χ0v) is 19.7. The second-order valence-corrected chi connectivity index (χ2v) is 8.24. The lowest BCUT2D eigenvalue weighted by Gasteiger charge is -2.24. The molecule has 10 heteroatoms. The molecule has 0 aliphatic rings. The predicted octanol–water partition coefficient (Wildman–Crippen LogP) is 0.288. The molecule has 6 N–H and O–H groups in total. The van der Waals surface area contributed by atoms with E-state index < -0.39 is 47.9 Å². The van der Waals surface area contributed by atoms with Gasteiger partial charge in [-0.25, -0.2) is 4.79 Å². The maximum atomic E-state index is 13.0. The van der Waals surface area contributed by atoms with Gasteiger partial charge in [-0.2, -0.15) is 12.6 Å². The minimum atomic E-state index is -1.20. The summed E-state index contributed by atoms with van der Waals surface area (Å²) in [5, 5.41) is 17.2. The molecule has 0 bridgehead atoms. The van der Waals surface area contributed by atoms with Gasteiger partial charge in [-0.3, -0.25) is 14.4 Å². The molecule has 2 rings (SSSR count). The number of carbonyl (C=O) groups is 4. The fraction of sp³-hybridized carbons (Fsp3) is 0.333. The van der Waals surface area contributed by atoms with Crippen LogP contribution in [0.2, 0.25) is 0 Å². The summed E-state index contributed by atoms with van der Waals surface area (Å²) >= 11 is 4.14. The van der Waals surface area contributed by atoms with E-state index in [1.165, 1.54) is 6.92 Å². The van der Waals surface area contributed by atoms with Crippen LogP contribution in [-0.4, -0.2) is 58.7 Å². The number of nitrogens with one attached hydrogen (secondary N) is 3. The zero-order chi connectivity index (χ0) is 25.1. The van der Waals surface area contributed by atoms with Crippen LogP contribution in [0.3, 0.4) is 0 Å². The lowest BCUT2D eigenvalue weighted by atomic mass is 10.0. The van der Waals surface area contributed by atoms with Crippen molar-refractivity contribution in [2.24, 2.45) is 5.73 Å². The maximum Gasteiger partial charge on any atom is 0.326 e. The molecule has 0 heterocycles. The van der Waals surface area contributed by atoms with Crippen molar-refractivity contribution in [3.05, 3.63) is 71.8 Å². The van der Waals surface area contributed by atoms with Crippen molar-refractivity contribution in [1.82, 2.24) is 16.0 Å². The smallest absolute Gasteiger partial charge is 0.326 e. The van der Waals surface area contributed by atoms with E-state index in [-0.39, 0.29) is 18.6 Å². The van der Waals surface area contributed by atoms with Gasteiger partial charge in [0.2, 0.25) is 17.7 Å². The SMILES string of the molecule is CC(N)C(=O)NC(Cc1ccccc1)C(=O)NC(CS)C(=O)NC(Cc1ccccc1)C(=O)O. The summed E-state index contributed by atoms with van der Waals surface area (Å²) in [6.07, 6.45) is 0.258. The monoisotopic (exact) mass is 486 g/mol. The van der Waals surface area contributed by atoms with Gasteiger partial charge in [-0.15, -0.1) is 0 Å². The standard InChI is InChI=1S/C24H30N4O5S/c1-15(25)21(29)26-18(12-16-8-4-2-5-9-16)22(30)28-20(14-34)23(31)27-19(24(32)33)13-17-10-6-3-7-11-17/h2-11,15,18-20,34H,12-14,25H2,1H3,(H,26,29)(H,27,31)(H,28,30)(H,32,33). The van der Waals surface area contributed by atoms with Gasteiger partial charge in [0.25, 0.3) is 0 Å². The number of hydrogen-bond donors (Lipinski definition) is 6. The first kappa shape index (κ1) is 26.9. The average Bonchev–Trinajstić information content (AvgIpc) is 2.82. The van der Waals surface area contributed by atoms with Crippen LogP contribution in [0.25, 0.3) is 0 Å². The van der Waals surface area contributed by atoms with Gasteiger partial charge in [0.05, 0.1) is 6.04 Å². The van der Waals surface area contributed by atoms with E-state index in [1.54, 1.807) is 42.5 Å². The molecular formula is C24H30N4O5S. The van der Waals surface area contributed by atoms with E-state index in [0.29, 0.717) is 0 Å². The van der Waals surface area contributed by atoms with Crippen LogP contribution in [0.1, 0.15) is 18.1 Å². The molecule has 0 aliphatic carbocycles. The third-order valence-corrected chi connectivity index (χ3v) is 5.41. The molecule has 0 radical (unpaired) electrons. The summed E-state index contributed by atoms with van der Waals surface area (Å²) in [6, 6.07) is 13.8. The van der Waals surface area contributed by atoms with Crippen LogP contribution in [0, 0.1) is 0 Å². The van der Waals surface area contributed by atoms with E-state index in [0.717, 1.165) is 11.1 Å². The van der Waals surface area contributed by atoms with Crippen molar-refractivity contribution in [3.63, 3.8) is 0 Å². The molecule has 2 aromatic rings. The van der Waals surface area contributed by atoms with E-state index >= 15 is 0 Å². The maximum absolute atomic E-state index is 13.0. The minimum absolute atomic E-state index is 0.0749. The van der Waals surface area contributed by atoms with Crippen LogP contribution in [0.5, 0.6) is 0 Å². The minimum Gasteiger partial charge on any atom is -0.480 e.